The monoisotopic (exact) mass is 293 g/mol. The van der Waals surface area contributed by atoms with Gasteiger partial charge in [0.1, 0.15) is 0 Å². The van der Waals surface area contributed by atoms with Crippen LogP contribution in [0.5, 0.6) is 0 Å². The van der Waals surface area contributed by atoms with Gasteiger partial charge in [-0.1, -0.05) is 31.9 Å². The SMILES string of the molecule is CCCC1CCCN(C(=O)[C@@H]2CC=CC[C@@H]2C(=O)O)CC1. The summed E-state index contributed by atoms with van der Waals surface area (Å²) < 4.78 is 0. The first-order valence-corrected chi connectivity index (χ1v) is 8.30. The lowest BCUT2D eigenvalue weighted by Crippen LogP contribution is -2.42. The van der Waals surface area contributed by atoms with E-state index in [0.29, 0.717) is 12.8 Å². The minimum atomic E-state index is -0.837. The number of carbonyl (C=O) groups is 2. The standard InChI is InChI=1S/C17H27NO3/c1-2-6-13-7-5-11-18(12-10-13)16(19)14-8-3-4-9-15(14)17(20)21/h3-4,13-15H,2,5-12H2,1H3,(H,20,21)/t13?,14-,15+/m1/s1. The topological polar surface area (TPSA) is 57.6 Å². The summed E-state index contributed by atoms with van der Waals surface area (Å²) in [6.45, 7) is 3.81. The molecule has 1 amide bonds. The van der Waals surface area contributed by atoms with Crippen LogP contribution in [0.2, 0.25) is 0 Å². The number of rotatable bonds is 4. The van der Waals surface area contributed by atoms with Crippen LogP contribution in [0.1, 0.15) is 51.9 Å². The third-order valence-electron chi connectivity index (χ3n) is 4.92. The fourth-order valence-corrected chi connectivity index (χ4v) is 3.68. The van der Waals surface area contributed by atoms with Gasteiger partial charge in [0, 0.05) is 13.1 Å². The van der Waals surface area contributed by atoms with Crippen molar-refractivity contribution < 1.29 is 14.7 Å². The summed E-state index contributed by atoms with van der Waals surface area (Å²) in [7, 11) is 0. The maximum Gasteiger partial charge on any atom is 0.307 e. The molecule has 0 bridgehead atoms. The number of hydrogen-bond donors (Lipinski definition) is 1. The first kappa shape index (κ1) is 16.1. The summed E-state index contributed by atoms with van der Waals surface area (Å²) in [5, 5.41) is 9.32. The zero-order chi connectivity index (χ0) is 15.2. The Morgan fingerprint density at radius 3 is 2.52 bits per heavy atom. The third-order valence-corrected chi connectivity index (χ3v) is 4.92. The summed E-state index contributed by atoms with van der Waals surface area (Å²) in [6, 6.07) is 0. The highest BCUT2D eigenvalue weighted by molar-refractivity contribution is 5.85. The van der Waals surface area contributed by atoms with Crippen LogP contribution in [0.25, 0.3) is 0 Å². The van der Waals surface area contributed by atoms with Gasteiger partial charge in [0.2, 0.25) is 5.91 Å². The zero-order valence-corrected chi connectivity index (χ0v) is 13.0. The van der Waals surface area contributed by atoms with E-state index in [4.69, 9.17) is 0 Å². The maximum absolute atomic E-state index is 12.7. The van der Waals surface area contributed by atoms with E-state index in [1.165, 1.54) is 19.3 Å². The molecule has 0 spiro atoms. The van der Waals surface area contributed by atoms with Gasteiger partial charge in [0.25, 0.3) is 0 Å². The molecule has 1 unspecified atom stereocenters. The molecule has 21 heavy (non-hydrogen) atoms. The fraction of sp³-hybridized carbons (Fsp3) is 0.765. The first-order chi connectivity index (χ1) is 10.1. The lowest BCUT2D eigenvalue weighted by molar-refractivity contribution is -0.150. The maximum atomic E-state index is 12.7. The summed E-state index contributed by atoms with van der Waals surface area (Å²) in [5.41, 5.74) is 0. The normalized spacial score (nSPS) is 30.0. The van der Waals surface area contributed by atoms with Crippen molar-refractivity contribution in [1.29, 1.82) is 0 Å². The Labute approximate surface area is 127 Å². The van der Waals surface area contributed by atoms with Crippen LogP contribution in [0.4, 0.5) is 0 Å². The number of amides is 1. The summed E-state index contributed by atoms with van der Waals surface area (Å²) in [4.78, 5) is 26.0. The van der Waals surface area contributed by atoms with Crippen LogP contribution < -0.4 is 0 Å². The number of carboxylic acids is 1. The summed E-state index contributed by atoms with van der Waals surface area (Å²) in [6.07, 6.45) is 10.7. The Balaban J connectivity index is 1.98. The number of carbonyl (C=O) groups excluding carboxylic acids is 1. The van der Waals surface area contributed by atoms with E-state index in [9.17, 15) is 14.7 Å². The smallest absolute Gasteiger partial charge is 0.307 e. The number of carboxylic acid groups (broad SMARTS) is 1. The molecule has 118 valence electrons. The summed E-state index contributed by atoms with van der Waals surface area (Å²) >= 11 is 0. The average molecular weight is 293 g/mol. The predicted octanol–water partition coefficient (Wildman–Crippen LogP) is 3.08. The number of nitrogens with zero attached hydrogens (tertiary/aromatic N) is 1. The molecule has 0 aromatic heterocycles. The van der Waals surface area contributed by atoms with Gasteiger partial charge in [-0.2, -0.15) is 0 Å². The van der Waals surface area contributed by atoms with Gasteiger partial charge >= 0.3 is 5.97 Å². The van der Waals surface area contributed by atoms with Crippen molar-refractivity contribution in [1.82, 2.24) is 4.90 Å². The minimum Gasteiger partial charge on any atom is -0.481 e. The van der Waals surface area contributed by atoms with Crippen LogP contribution >= 0.6 is 0 Å². The molecule has 4 nitrogen and oxygen atoms in total. The van der Waals surface area contributed by atoms with Crippen LogP contribution in [0.15, 0.2) is 12.2 Å². The molecule has 1 heterocycles. The zero-order valence-electron chi connectivity index (χ0n) is 13.0. The Kier molecular flexibility index (Phi) is 5.83. The molecule has 2 rings (SSSR count). The van der Waals surface area contributed by atoms with Gasteiger partial charge in [0.15, 0.2) is 0 Å². The van der Waals surface area contributed by atoms with E-state index in [1.807, 2.05) is 17.1 Å². The van der Waals surface area contributed by atoms with Gasteiger partial charge in [0.05, 0.1) is 11.8 Å². The molecule has 4 heteroatoms. The van der Waals surface area contributed by atoms with E-state index < -0.39 is 11.9 Å². The molecule has 0 radical (unpaired) electrons. The number of allylic oxidation sites excluding steroid dienone is 2. The van der Waals surface area contributed by atoms with E-state index in [0.717, 1.165) is 31.8 Å². The number of hydrogen-bond acceptors (Lipinski definition) is 2. The van der Waals surface area contributed by atoms with Crippen molar-refractivity contribution in [3.63, 3.8) is 0 Å². The van der Waals surface area contributed by atoms with Crippen LogP contribution in [-0.2, 0) is 9.59 Å². The molecule has 1 aliphatic carbocycles. The Morgan fingerprint density at radius 1 is 1.14 bits per heavy atom. The largest absolute Gasteiger partial charge is 0.481 e. The molecule has 1 saturated heterocycles. The van der Waals surface area contributed by atoms with Crippen molar-refractivity contribution >= 4 is 11.9 Å². The second-order valence-electron chi connectivity index (χ2n) is 6.40. The molecular formula is C17H27NO3. The number of likely N-dealkylation sites (tertiary alicyclic amines) is 1. The molecule has 1 N–H and O–H groups in total. The van der Waals surface area contributed by atoms with Crippen molar-refractivity contribution in [3.05, 3.63) is 12.2 Å². The molecule has 1 aliphatic heterocycles. The summed E-state index contributed by atoms with van der Waals surface area (Å²) in [5.74, 6) is -0.956. The Bertz CT molecular complexity index is 405. The van der Waals surface area contributed by atoms with Gasteiger partial charge in [-0.15, -0.1) is 0 Å². The molecule has 1 fully saturated rings. The lowest BCUT2D eigenvalue weighted by atomic mass is 9.82. The molecule has 0 saturated carbocycles. The van der Waals surface area contributed by atoms with Crippen molar-refractivity contribution in [3.8, 4) is 0 Å². The van der Waals surface area contributed by atoms with Gasteiger partial charge in [-0.25, -0.2) is 0 Å². The fourth-order valence-electron chi connectivity index (χ4n) is 3.68. The Hall–Kier alpha value is -1.32. The molecule has 0 aromatic rings. The molecule has 2 aliphatic rings. The second-order valence-corrected chi connectivity index (χ2v) is 6.40. The minimum absolute atomic E-state index is 0.0592. The quantitative estimate of drug-likeness (QED) is 0.810. The number of aliphatic carboxylic acids is 1. The van der Waals surface area contributed by atoms with Crippen molar-refractivity contribution in [2.75, 3.05) is 13.1 Å². The molecule has 3 atom stereocenters. The van der Waals surface area contributed by atoms with E-state index >= 15 is 0 Å². The van der Waals surface area contributed by atoms with Gasteiger partial charge in [-0.3, -0.25) is 9.59 Å². The van der Waals surface area contributed by atoms with E-state index in [2.05, 4.69) is 6.92 Å². The highest BCUT2D eigenvalue weighted by Crippen LogP contribution is 2.29. The first-order valence-electron chi connectivity index (χ1n) is 8.30. The van der Waals surface area contributed by atoms with Gasteiger partial charge < -0.3 is 10.0 Å². The van der Waals surface area contributed by atoms with Crippen molar-refractivity contribution in [2.45, 2.75) is 51.9 Å². The van der Waals surface area contributed by atoms with Gasteiger partial charge in [-0.05, 0) is 38.0 Å². The van der Waals surface area contributed by atoms with Crippen LogP contribution in [0.3, 0.4) is 0 Å². The second kappa shape index (κ2) is 7.62. The predicted molar refractivity (Wildman–Crippen MR) is 81.8 cm³/mol. The highest BCUT2D eigenvalue weighted by Gasteiger charge is 2.36. The van der Waals surface area contributed by atoms with Crippen LogP contribution in [0, 0.1) is 17.8 Å². The average Bonchev–Trinajstić information content (AvgIpc) is 2.72. The van der Waals surface area contributed by atoms with E-state index in [-0.39, 0.29) is 11.8 Å². The Morgan fingerprint density at radius 2 is 1.86 bits per heavy atom. The lowest BCUT2D eigenvalue weighted by Gasteiger charge is -2.30. The third kappa shape index (κ3) is 4.08. The highest BCUT2D eigenvalue weighted by atomic mass is 16.4. The van der Waals surface area contributed by atoms with E-state index in [1.54, 1.807) is 0 Å². The van der Waals surface area contributed by atoms with Crippen molar-refractivity contribution in [2.24, 2.45) is 17.8 Å². The molecule has 0 aromatic carbocycles. The van der Waals surface area contributed by atoms with Crippen LogP contribution in [-0.4, -0.2) is 35.0 Å². The molecular weight excluding hydrogens is 266 g/mol.